The van der Waals surface area contributed by atoms with Crippen LogP contribution in [0.15, 0.2) is 10.5 Å². The van der Waals surface area contributed by atoms with Crippen LogP contribution in [-0.4, -0.2) is 71.6 Å². The van der Waals surface area contributed by atoms with E-state index in [1.54, 1.807) is 0 Å². The maximum absolute atomic E-state index is 12.5. The first-order valence-electron chi connectivity index (χ1n) is 7.40. The minimum Gasteiger partial charge on any atom is -0.386 e. The highest BCUT2D eigenvalue weighted by molar-refractivity contribution is 7.85. The van der Waals surface area contributed by atoms with E-state index in [2.05, 4.69) is 15.0 Å². The molecule has 14 nitrogen and oxygen atoms in total. The molecule has 0 aromatic carbocycles. The third-order valence-corrected chi connectivity index (χ3v) is 4.42. The molecule has 1 aromatic heterocycles. The summed E-state index contributed by atoms with van der Waals surface area (Å²) in [6.07, 6.45) is 0.709. The summed E-state index contributed by atoms with van der Waals surface area (Å²) in [5.41, 5.74) is 10.4. The van der Waals surface area contributed by atoms with E-state index in [1.165, 1.54) is 12.3 Å². The molecule has 0 spiro atoms. The fourth-order valence-electron chi connectivity index (χ4n) is 2.24. The van der Waals surface area contributed by atoms with Gasteiger partial charge in [-0.05, 0) is 6.92 Å². The number of oxime groups is 1. The second kappa shape index (κ2) is 8.46. The van der Waals surface area contributed by atoms with Gasteiger partial charge in [0, 0.05) is 5.38 Å². The van der Waals surface area contributed by atoms with Crippen LogP contribution < -0.4 is 16.4 Å². The van der Waals surface area contributed by atoms with Crippen molar-refractivity contribution in [1.82, 2.24) is 10.0 Å². The van der Waals surface area contributed by atoms with Gasteiger partial charge in [0.2, 0.25) is 5.94 Å². The van der Waals surface area contributed by atoms with E-state index >= 15 is 0 Å². The van der Waals surface area contributed by atoms with Gasteiger partial charge >= 0.3 is 0 Å². The molecule has 1 aromatic rings. The highest BCUT2D eigenvalue weighted by Crippen LogP contribution is 2.31. The van der Waals surface area contributed by atoms with Crippen molar-refractivity contribution in [2.24, 2.45) is 10.9 Å². The molecule has 3 amide bonds. The van der Waals surface area contributed by atoms with E-state index in [0.717, 1.165) is 16.2 Å². The number of primary amides is 1. The quantitative estimate of drug-likeness (QED) is 0.166. The topological polar surface area (TPSA) is 208 Å². The van der Waals surface area contributed by atoms with Gasteiger partial charge in [-0.3, -0.25) is 28.7 Å². The summed E-state index contributed by atoms with van der Waals surface area (Å²) in [6.45, 7) is 0.927. The molecule has 2 heterocycles. The molecule has 1 fully saturated rings. The molecule has 1 saturated heterocycles. The molecule has 1 aliphatic heterocycles. The van der Waals surface area contributed by atoms with Crippen LogP contribution in [-0.2, 0) is 34.2 Å². The van der Waals surface area contributed by atoms with Gasteiger partial charge in [0.25, 0.3) is 27.8 Å². The number of β-lactam (4-membered cyclic amide) rings is 1. The zero-order chi connectivity index (χ0) is 21.1. The number of rotatable bonds is 9. The zero-order valence-corrected chi connectivity index (χ0v) is 15.9. The molecule has 28 heavy (non-hydrogen) atoms. The van der Waals surface area contributed by atoms with Crippen molar-refractivity contribution in [3.63, 3.8) is 0 Å². The highest BCUT2D eigenvalue weighted by Gasteiger charge is 2.52. The van der Waals surface area contributed by atoms with Crippen molar-refractivity contribution >= 4 is 56.3 Å². The number of thiazole rings is 1. The Bertz CT molecular complexity index is 900. The number of anilines is 2. The van der Waals surface area contributed by atoms with Crippen LogP contribution in [0.1, 0.15) is 6.92 Å². The van der Waals surface area contributed by atoms with Crippen LogP contribution in [0.25, 0.3) is 0 Å². The monoisotopic (exact) mass is 436 g/mol. The van der Waals surface area contributed by atoms with Crippen molar-refractivity contribution in [1.29, 1.82) is 0 Å². The van der Waals surface area contributed by atoms with Crippen LogP contribution >= 0.6 is 11.3 Å². The maximum atomic E-state index is 12.5. The Labute approximate surface area is 162 Å². The van der Waals surface area contributed by atoms with Crippen LogP contribution in [0.5, 0.6) is 0 Å². The van der Waals surface area contributed by atoms with E-state index in [1.807, 2.05) is 0 Å². The Kier molecular flexibility index (Phi) is 6.49. The molecule has 16 heteroatoms. The average Bonchev–Trinajstić information content (AvgIpc) is 3.01. The second-order valence-corrected chi connectivity index (χ2v) is 7.69. The highest BCUT2D eigenvalue weighted by atomic mass is 32.2. The largest absolute Gasteiger partial charge is 0.386 e. The number of aromatic nitrogens is 1. The Morgan fingerprint density at radius 1 is 1.54 bits per heavy atom. The Morgan fingerprint density at radius 2 is 2.21 bits per heavy atom. The lowest BCUT2D eigenvalue weighted by Gasteiger charge is -2.47. The van der Waals surface area contributed by atoms with Gasteiger partial charge in [-0.25, -0.2) is 10.0 Å². The van der Waals surface area contributed by atoms with Crippen molar-refractivity contribution in [3.8, 4) is 0 Å². The number of hydrogen-bond acceptors (Lipinski definition) is 11. The van der Waals surface area contributed by atoms with Gasteiger partial charge in [0.15, 0.2) is 11.7 Å². The summed E-state index contributed by atoms with van der Waals surface area (Å²) in [6, 6.07) is -1.90. The van der Waals surface area contributed by atoms with E-state index < -0.39 is 52.5 Å². The SMILES string of the molecule is C[C@@H]1[C@H](N(C(=O)C=NOCC(N)=O)c2csc(N)n2)C(=O)N1OCS(=O)(=O)O. The summed E-state index contributed by atoms with van der Waals surface area (Å²) in [7, 11) is -4.47. The molecule has 1 aliphatic rings. The van der Waals surface area contributed by atoms with Crippen LogP contribution in [0.3, 0.4) is 0 Å². The maximum Gasteiger partial charge on any atom is 0.292 e. The van der Waals surface area contributed by atoms with Crippen molar-refractivity contribution in [2.75, 3.05) is 23.2 Å². The third-order valence-electron chi connectivity index (χ3n) is 3.35. The van der Waals surface area contributed by atoms with Gasteiger partial charge in [-0.15, -0.1) is 11.3 Å². The molecule has 0 unspecified atom stereocenters. The van der Waals surface area contributed by atoms with E-state index in [0.29, 0.717) is 11.3 Å². The summed E-state index contributed by atoms with van der Waals surface area (Å²) in [5.74, 6) is -3.47. The Morgan fingerprint density at radius 3 is 2.71 bits per heavy atom. The number of nitrogens with zero attached hydrogens (tertiary/aromatic N) is 4. The molecule has 2 rings (SSSR count). The average molecular weight is 436 g/mol. The van der Waals surface area contributed by atoms with Crippen molar-refractivity contribution in [2.45, 2.75) is 19.0 Å². The number of amides is 3. The standard InChI is InChI=1S/C12H16N6O8S2/c1-6-10(11(21)18(6)26-5-28(22,23)24)17(8-4-27-12(14)16-8)9(20)2-15-25-3-7(13)19/h2,4,6,10H,3,5H2,1H3,(H2,13,19)(H2,14,16)(H,22,23,24)/t6-,10+/m1/s1. The molecule has 0 bridgehead atoms. The third kappa shape index (κ3) is 5.12. The Hall–Kier alpha value is -2.82. The van der Waals surface area contributed by atoms with E-state index in [-0.39, 0.29) is 10.9 Å². The first-order valence-corrected chi connectivity index (χ1v) is 9.89. The summed E-state index contributed by atoms with van der Waals surface area (Å²) in [5, 5.41) is 5.56. The molecule has 154 valence electrons. The molecule has 5 N–H and O–H groups in total. The number of hydroxylamine groups is 2. The van der Waals surface area contributed by atoms with Gasteiger partial charge in [-0.1, -0.05) is 5.16 Å². The lowest BCUT2D eigenvalue weighted by Crippen LogP contribution is -2.70. The summed E-state index contributed by atoms with van der Waals surface area (Å²) < 4.78 is 30.3. The number of nitrogen functional groups attached to an aromatic ring is 1. The normalized spacial score (nSPS) is 19.5. The minimum absolute atomic E-state index is 0.0495. The molecule has 2 atom stereocenters. The lowest BCUT2D eigenvalue weighted by atomic mass is 9.98. The Balaban J connectivity index is 2.18. The van der Waals surface area contributed by atoms with Gasteiger partial charge in [-0.2, -0.15) is 8.42 Å². The van der Waals surface area contributed by atoms with Gasteiger partial charge in [0.05, 0.1) is 6.04 Å². The summed E-state index contributed by atoms with van der Waals surface area (Å²) >= 11 is 1.02. The van der Waals surface area contributed by atoms with Crippen LogP contribution in [0.4, 0.5) is 10.9 Å². The second-order valence-electron chi connectivity index (χ2n) is 5.40. The summed E-state index contributed by atoms with van der Waals surface area (Å²) in [4.78, 5) is 49.7. The number of hydrogen-bond donors (Lipinski definition) is 3. The van der Waals surface area contributed by atoms with Gasteiger partial charge < -0.3 is 16.3 Å². The smallest absolute Gasteiger partial charge is 0.292 e. The fourth-order valence-corrected chi connectivity index (χ4v) is 3.03. The molecular weight excluding hydrogens is 420 g/mol. The van der Waals surface area contributed by atoms with E-state index in [9.17, 15) is 22.8 Å². The molecule has 0 aliphatic carbocycles. The van der Waals surface area contributed by atoms with Crippen molar-refractivity contribution < 1.29 is 37.0 Å². The van der Waals surface area contributed by atoms with Crippen LogP contribution in [0, 0.1) is 0 Å². The first kappa shape index (κ1) is 21.5. The number of carbonyl (C=O) groups is 3. The van der Waals surface area contributed by atoms with Gasteiger partial charge in [0.1, 0.15) is 18.1 Å². The van der Waals surface area contributed by atoms with Crippen molar-refractivity contribution in [3.05, 3.63) is 5.38 Å². The first-order chi connectivity index (χ1) is 13.0. The fraction of sp³-hybridized carbons (Fsp3) is 0.417. The number of carbonyl (C=O) groups excluding carboxylic acids is 3. The molecular formula is C12H16N6O8S2. The molecule has 0 radical (unpaired) electrons. The number of nitrogens with two attached hydrogens (primary N) is 2. The lowest BCUT2D eigenvalue weighted by molar-refractivity contribution is -0.222. The predicted octanol–water partition coefficient (Wildman–Crippen LogP) is -2.08. The van der Waals surface area contributed by atoms with E-state index in [4.69, 9.17) is 20.9 Å². The zero-order valence-electron chi connectivity index (χ0n) is 14.3. The molecule has 0 saturated carbocycles. The minimum atomic E-state index is -4.47. The predicted molar refractivity (Wildman–Crippen MR) is 95.2 cm³/mol. The van der Waals surface area contributed by atoms with Crippen LogP contribution in [0.2, 0.25) is 0 Å².